The number of carbonyl (C=O) groups excluding carboxylic acids is 2. The van der Waals surface area contributed by atoms with E-state index >= 15 is 0 Å². The van der Waals surface area contributed by atoms with Crippen LogP contribution in [0.25, 0.3) is 0 Å². The lowest BCUT2D eigenvalue weighted by Gasteiger charge is -2.36. The predicted molar refractivity (Wildman–Crippen MR) is 67.9 cm³/mol. The van der Waals surface area contributed by atoms with Gasteiger partial charge in [0.05, 0.1) is 0 Å². The maximum absolute atomic E-state index is 12.2. The summed E-state index contributed by atoms with van der Waals surface area (Å²) in [6.07, 6.45) is 3.65. The van der Waals surface area contributed by atoms with Gasteiger partial charge >= 0.3 is 5.97 Å². The SMILES string of the molecule is C[C@H]1CC[C@@H]2CC[C@@H](C(=O)OC(C)(C)C)N2C1=O. The van der Waals surface area contributed by atoms with E-state index in [1.807, 2.05) is 27.7 Å². The molecule has 102 valence electrons. The summed E-state index contributed by atoms with van der Waals surface area (Å²) in [4.78, 5) is 26.2. The van der Waals surface area contributed by atoms with E-state index < -0.39 is 5.60 Å². The summed E-state index contributed by atoms with van der Waals surface area (Å²) in [6, 6.07) is -0.101. The monoisotopic (exact) mass is 253 g/mol. The molecule has 0 saturated carbocycles. The van der Waals surface area contributed by atoms with Gasteiger partial charge in [-0.15, -0.1) is 0 Å². The second kappa shape index (κ2) is 4.56. The van der Waals surface area contributed by atoms with E-state index in [4.69, 9.17) is 4.74 Å². The Morgan fingerprint density at radius 1 is 1.22 bits per heavy atom. The summed E-state index contributed by atoms with van der Waals surface area (Å²) < 4.78 is 5.42. The molecule has 2 aliphatic rings. The first-order valence-electron chi connectivity index (χ1n) is 6.84. The second-order valence-electron chi connectivity index (χ2n) is 6.50. The topological polar surface area (TPSA) is 46.6 Å². The maximum atomic E-state index is 12.2. The van der Waals surface area contributed by atoms with Crippen molar-refractivity contribution in [3.05, 3.63) is 0 Å². The minimum absolute atomic E-state index is 0.0456. The number of piperidine rings is 1. The molecule has 2 saturated heterocycles. The predicted octanol–water partition coefficient (Wildman–Crippen LogP) is 2.12. The third-order valence-electron chi connectivity index (χ3n) is 3.79. The lowest BCUT2D eigenvalue weighted by molar-refractivity contribution is -0.166. The Hall–Kier alpha value is -1.06. The molecule has 0 unspecified atom stereocenters. The van der Waals surface area contributed by atoms with Gasteiger partial charge in [0.2, 0.25) is 5.91 Å². The summed E-state index contributed by atoms with van der Waals surface area (Å²) in [7, 11) is 0. The highest BCUT2D eigenvalue weighted by Gasteiger charge is 2.45. The Morgan fingerprint density at radius 3 is 2.44 bits per heavy atom. The molecule has 2 fully saturated rings. The van der Waals surface area contributed by atoms with Gasteiger partial charge in [0.25, 0.3) is 0 Å². The van der Waals surface area contributed by atoms with Crippen LogP contribution in [0.4, 0.5) is 0 Å². The Bertz CT molecular complexity index is 359. The highest BCUT2D eigenvalue weighted by molar-refractivity contribution is 5.87. The zero-order valence-corrected chi connectivity index (χ0v) is 11.7. The highest BCUT2D eigenvalue weighted by Crippen LogP contribution is 2.35. The number of nitrogens with zero attached hydrogens (tertiary/aromatic N) is 1. The van der Waals surface area contributed by atoms with Crippen molar-refractivity contribution in [3.63, 3.8) is 0 Å². The average molecular weight is 253 g/mol. The molecule has 0 N–H and O–H groups in total. The molecule has 0 spiro atoms. The number of amides is 1. The first-order chi connectivity index (χ1) is 8.29. The molecule has 0 aromatic heterocycles. The number of esters is 1. The van der Waals surface area contributed by atoms with E-state index in [2.05, 4.69) is 0 Å². The molecular formula is C14H23NO3. The van der Waals surface area contributed by atoms with Crippen molar-refractivity contribution >= 4 is 11.9 Å². The van der Waals surface area contributed by atoms with E-state index in [1.54, 1.807) is 4.90 Å². The third-order valence-corrected chi connectivity index (χ3v) is 3.79. The van der Waals surface area contributed by atoms with Crippen molar-refractivity contribution in [3.8, 4) is 0 Å². The number of rotatable bonds is 1. The third kappa shape index (κ3) is 2.52. The molecule has 1 amide bonds. The summed E-state index contributed by atoms with van der Waals surface area (Å²) in [5.41, 5.74) is -0.486. The molecule has 0 aliphatic carbocycles. The Kier molecular flexibility index (Phi) is 3.39. The molecule has 2 aliphatic heterocycles. The number of carbonyl (C=O) groups is 2. The lowest BCUT2D eigenvalue weighted by atomic mass is 9.94. The fourth-order valence-electron chi connectivity index (χ4n) is 2.92. The molecular weight excluding hydrogens is 230 g/mol. The smallest absolute Gasteiger partial charge is 0.329 e. The highest BCUT2D eigenvalue weighted by atomic mass is 16.6. The zero-order valence-electron chi connectivity index (χ0n) is 11.7. The Labute approximate surface area is 109 Å². The van der Waals surface area contributed by atoms with Crippen molar-refractivity contribution in [2.75, 3.05) is 0 Å². The van der Waals surface area contributed by atoms with Gasteiger partial charge in [-0.25, -0.2) is 4.79 Å². The summed E-state index contributed by atoms with van der Waals surface area (Å²) >= 11 is 0. The van der Waals surface area contributed by atoms with Crippen LogP contribution < -0.4 is 0 Å². The van der Waals surface area contributed by atoms with Crippen LogP contribution in [0.5, 0.6) is 0 Å². The average Bonchev–Trinajstić information content (AvgIpc) is 2.65. The van der Waals surface area contributed by atoms with Crippen molar-refractivity contribution in [2.24, 2.45) is 5.92 Å². The van der Waals surface area contributed by atoms with E-state index in [-0.39, 0.29) is 29.9 Å². The van der Waals surface area contributed by atoms with Crippen molar-refractivity contribution in [2.45, 2.75) is 71.1 Å². The van der Waals surface area contributed by atoms with Gasteiger partial charge in [0.1, 0.15) is 11.6 Å². The van der Waals surface area contributed by atoms with Crippen LogP contribution in [0.3, 0.4) is 0 Å². The van der Waals surface area contributed by atoms with E-state index in [1.165, 1.54) is 0 Å². The van der Waals surface area contributed by atoms with Gasteiger partial charge in [0, 0.05) is 12.0 Å². The number of hydrogen-bond donors (Lipinski definition) is 0. The van der Waals surface area contributed by atoms with E-state index in [0.29, 0.717) is 0 Å². The molecule has 3 atom stereocenters. The molecule has 4 heteroatoms. The second-order valence-corrected chi connectivity index (χ2v) is 6.50. The van der Waals surface area contributed by atoms with Crippen LogP contribution in [-0.2, 0) is 14.3 Å². The van der Waals surface area contributed by atoms with Gasteiger partial charge in [-0.1, -0.05) is 6.92 Å². The first-order valence-corrected chi connectivity index (χ1v) is 6.84. The largest absolute Gasteiger partial charge is 0.458 e. The van der Waals surface area contributed by atoms with Gasteiger partial charge in [0.15, 0.2) is 0 Å². The minimum atomic E-state index is -0.486. The molecule has 0 bridgehead atoms. The summed E-state index contributed by atoms with van der Waals surface area (Å²) in [5.74, 6) is -0.0728. The summed E-state index contributed by atoms with van der Waals surface area (Å²) in [5, 5.41) is 0. The standard InChI is InChI=1S/C14H23NO3/c1-9-5-6-10-7-8-11(15(10)12(9)16)13(17)18-14(2,3)4/h9-11H,5-8H2,1-4H3/t9-,10+,11-/m0/s1. The molecule has 2 heterocycles. The number of hydrogen-bond acceptors (Lipinski definition) is 3. The lowest BCUT2D eigenvalue weighted by Crippen LogP contribution is -2.51. The van der Waals surface area contributed by atoms with Gasteiger partial charge in [-0.3, -0.25) is 4.79 Å². The fraction of sp³-hybridized carbons (Fsp3) is 0.857. The van der Waals surface area contributed by atoms with Crippen LogP contribution in [0, 0.1) is 5.92 Å². The summed E-state index contributed by atoms with van der Waals surface area (Å²) in [6.45, 7) is 7.52. The van der Waals surface area contributed by atoms with Crippen molar-refractivity contribution < 1.29 is 14.3 Å². The van der Waals surface area contributed by atoms with Crippen molar-refractivity contribution in [1.29, 1.82) is 0 Å². The van der Waals surface area contributed by atoms with Crippen LogP contribution in [-0.4, -0.2) is 34.5 Å². The molecule has 4 nitrogen and oxygen atoms in total. The molecule has 0 radical (unpaired) electrons. The van der Waals surface area contributed by atoms with Gasteiger partial charge < -0.3 is 9.64 Å². The minimum Gasteiger partial charge on any atom is -0.458 e. The molecule has 0 aromatic carbocycles. The van der Waals surface area contributed by atoms with Gasteiger partial charge in [-0.05, 0) is 46.5 Å². The fourth-order valence-corrected chi connectivity index (χ4v) is 2.92. The number of fused-ring (bicyclic) bond motifs is 1. The van der Waals surface area contributed by atoms with Crippen LogP contribution in [0.1, 0.15) is 53.4 Å². The molecule has 0 aromatic rings. The quantitative estimate of drug-likeness (QED) is 0.672. The Morgan fingerprint density at radius 2 is 1.83 bits per heavy atom. The van der Waals surface area contributed by atoms with Crippen LogP contribution >= 0.6 is 0 Å². The number of ether oxygens (including phenoxy) is 1. The van der Waals surface area contributed by atoms with Gasteiger partial charge in [-0.2, -0.15) is 0 Å². The van der Waals surface area contributed by atoms with E-state index in [9.17, 15) is 9.59 Å². The molecule has 2 rings (SSSR count). The normalized spacial score (nSPS) is 32.3. The maximum Gasteiger partial charge on any atom is 0.329 e. The Balaban J connectivity index is 2.10. The first kappa shape index (κ1) is 13.4. The van der Waals surface area contributed by atoms with Crippen LogP contribution in [0.15, 0.2) is 0 Å². The zero-order chi connectivity index (χ0) is 13.5. The van der Waals surface area contributed by atoms with E-state index in [0.717, 1.165) is 25.7 Å². The van der Waals surface area contributed by atoms with Crippen molar-refractivity contribution in [1.82, 2.24) is 4.90 Å². The van der Waals surface area contributed by atoms with Crippen LogP contribution in [0.2, 0.25) is 0 Å². The molecule has 18 heavy (non-hydrogen) atoms.